The van der Waals surface area contributed by atoms with E-state index in [9.17, 15) is 19.7 Å². The first kappa shape index (κ1) is 22.3. The molecule has 0 aliphatic rings. The Hall–Kier alpha value is -4.40. The highest BCUT2D eigenvalue weighted by Gasteiger charge is 2.07. The fraction of sp³-hybridized carbons (Fsp3) is 0.130. The van der Waals surface area contributed by atoms with Crippen molar-refractivity contribution >= 4 is 40.4 Å². The van der Waals surface area contributed by atoms with Crippen LogP contribution in [0.2, 0.25) is 0 Å². The van der Waals surface area contributed by atoms with Crippen molar-refractivity contribution in [2.45, 2.75) is 12.8 Å². The van der Waals surface area contributed by atoms with Gasteiger partial charge in [0.25, 0.3) is 5.69 Å². The molecule has 4 N–H and O–H groups in total. The lowest BCUT2D eigenvalue weighted by atomic mass is 10.2. The molecule has 0 bridgehead atoms. The second-order valence-corrected chi connectivity index (χ2v) is 6.91. The first-order chi connectivity index (χ1) is 15.5. The molecule has 0 fully saturated rings. The van der Waals surface area contributed by atoms with Gasteiger partial charge in [-0.3, -0.25) is 14.9 Å². The number of para-hydroxylation sites is 1. The summed E-state index contributed by atoms with van der Waals surface area (Å²) in [7, 11) is 0. The Kier molecular flexibility index (Phi) is 7.74. The van der Waals surface area contributed by atoms with Crippen LogP contribution in [0.1, 0.15) is 12.8 Å². The lowest BCUT2D eigenvalue weighted by molar-refractivity contribution is -0.384. The van der Waals surface area contributed by atoms with E-state index in [2.05, 4.69) is 21.3 Å². The maximum absolute atomic E-state index is 12.2. The lowest BCUT2D eigenvalue weighted by Gasteiger charge is -2.10. The van der Waals surface area contributed by atoms with Crippen LogP contribution >= 0.6 is 0 Å². The number of nitro groups is 1. The summed E-state index contributed by atoms with van der Waals surface area (Å²) in [6, 6.07) is 21.7. The summed E-state index contributed by atoms with van der Waals surface area (Å²) in [5, 5.41) is 22.1. The minimum atomic E-state index is -0.450. The molecule has 0 saturated heterocycles. The van der Waals surface area contributed by atoms with Crippen molar-refractivity contribution in [2.24, 2.45) is 0 Å². The van der Waals surface area contributed by atoms with Crippen molar-refractivity contribution in [3.8, 4) is 0 Å². The standard InChI is InChI=1S/C23H23N5O4/c29-22(10-5-15-24-17-11-13-21(14-12-17)28(31)32)25-19-8-4-9-20(16-19)27-23(30)26-18-6-2-1-3-7-18/h1-4,6-9,11-14,16,24H,5,10,15H2,(H,25,29)(H2,26,27,30). The van der Waals surface area contributed by atoms with Crippen LogP contribution in [0, 0.1) is 10.1 Å². The van der Waals surface area contributed by atoms with E-state index in [0.29, 0.717) is 36.4 Å². The third-order valence-electron chi connectivity index (χ3n) is 4.42. The third-order valence-corrected chi connectivity index (χ3v) is 4.42. The highest BCUT2D eigenvalue weighted by Crippen LogP contribution is 2.17. The van der Waals surface area contributed by atoms with Crippen LogP contribution in [0.5, 0.6) is 0 Å². The highest BCUT2D eigenvalue weighted by atomic mass is 16.6. The van der Waals surface area contributed by atoms with E-state index < -0.39 is 4.92 Å². The van der Waals surface area contributed by atoms with Gasteiger partial charge in [0.05, 0.1) is 4.92 Å². The number of benzene rings is 3. The molecule has 3 aromatic carbocycles. The molecule has 9 heteroatoms. The average Bonchev–Trinajstić information content (AvgIpc) is 2.78. The van der Waals surface area contributed by atoms with Gasteiger partial charge in [-0.1, -0.05) is 24.3 Å². The Morgan fingerprint density at radius 1 is 0.750 bits per heavy atom. The van der Waals surface area contributed by atoms with Gasteiger partial charge in [-0.25, -0.2) is 4.79 Å². The van der Waals surface area contributed by atoms with E-state index in [1.807, 2.05) is 18.2 Å². The Bertz CT molecular complexity index is 1070. The zero-order valence-electron chi connectivity index (χ0n) is 17.2. The molecule has 3 rings (SSSR count). The number of rotatable bonds is 9. The van der Waals surface area contributed by atoms with Crippen LogP contribution in [-0.4, -0.2) is 23.4 Å². The zero-order chi connectivity index (χ0) is 22.8. The maximum atomic E-state index is 12.2. The number of anilines is 4. The number of nitrogens with one attached hydrogen (secondary N) is 4. The average molecular weight is 433 g/mol. The molecule has 164 valence electrons. The van der Waals surface area contributed by atoms with Gasteiger partial charge in [0.2, 0.25) is 5.91 Å². The summed E-state index contributed by atoms with van der Waals surface area (Å²) in [5.74, 6) is -0.151. The summed E-state index contributed by atoms with van der Waals surface area (Å²) in [6.45, 7) is 0.548. The number of nitrogens with zero attached hydrogens (tertiary/aromatic N) is 1. The molecule has 3 aromatic rings. The molecule has 0 aliphatic carbocycles. The Balaban J connectivity index is 1.41. The van der Waals surface area contributed by atoms with Gasteiger partial charge in [-0.05, 0) is 48.9 Å². The van der Waals surface area contributed by atoms with Crippen molar-refractivity contribution in [1.29, 1.82) is 0 Å². The molecular formula is C23H23N5O4. The van der Waals surface area contributed by atoms with Crippen LogP contribution in [0.15, 0.2) is 78.9 Å². The number of carbonyl (C=O) groups is 2. The molecule has 0 aromatic heterocycles. The fourth-order valence-electron chi connectivity index (χ4n) is 2.90. The van der Waals surface area contributed by atoms with Crippen molar-refractivity contribution < 1.29 is 14.5 Å². The molecular weight excluding hydrogens is 410 g/mol. The molecule has 0 radical (unpaired) electrons. The summed E-state index contributed by atoms with van der Waals surface area (Å²) in [5.41, 5.74) is 2.59. The Morgan fingerprint density at radius 3 is 2.06 bits per heavy atom. The quantitative estimate of drug-likeness (QED) is 0.213. The fourth-order valence-corrected chi connectivity index (χ4v) is 2.90. The van der Waals surface area contributed by atoms with Crippen molar-refractivity contribution in [3.63, 3.8) is 0 Å². The molecule has 0 saturated carbocycles. The van der Waals surface area contributed by atoms with Gasteiger partial charge in [0, 0.05) is 47.8 Å². The molecule has 32 heavy (non-hydrogen) atoms. The minimum absolute atomic E-state index is 0.0317. The SMILES string of the molecule is O=C(CCCNc1ccc([N+](=O)[O-])cc1)Nc1cccc(NC(=O)Nc2ccccc2)c1. The van der Waals surface area contributed by atoms with Crippen LogP contribution in [-0.2, 0) is 4.79 Å². The predicted molar refractivity (Wildman–Crippen MR) is 125 cm³/mol. The molecule has 9 nitrogen and oxygen atoms in total. The second-order valence-electron chi connectivity index (χ2n) is 6.91. The van der Waals surface area contributed by atoms with Gasteiger partial charge in [-0.2, -0.15) is 0 Å². The third kappa shape index (κ3) is 7.13. The Labute approximate surface area is 185 Å². The van der Waals surface area contributed by atoms with Crippen molar-refractivity contribution in [1.82, 2.24) is 0 Å². The zero-order valence-corrected chi connectivity index (χ0v) is 17.2. The van der Waals surface area contributed by atoms with Crippen LogP contribution < -0.4 is 21.3 Å². The first-order valence-electron chi connectivity index (χ1n) is 10.0. The number of hydrogen-bond donors (Lipinski definition) is 4. The van der Waals surface area contributed by atoms with E-state index in [-0.39, 0.29) is 17.6 Å². The van der Waals surface area contributed by atoms with Crippen molar-refractivity contribution in [2.75, 3.05) is 27.8 Å². The van der Waals surface area contributed by atoms with Gasteiger partial charge >= 0.3 is 6.03 Å². The first-order valence-corrected chi connectivity index (χ1v) is 10.0. The number of carbonyl (C=O) groups excluding carboxylic acids is 2. The normalized spacial score (nSPS) is 10.1. The van der Waals surface area contributed by atoms with E-state index in [4.69, 9.17) is 0 Å². The van der Waals surface area contributed by atoms with Gasteiger partial charge in [0.1, 0.15) is 0 Å². The topological polar surface area (TPSA) is 125 Å². The predicted octanol–water partition coefficient (Wildman–Crippen LogP) is 5.07. The summed E-state index contributed by atoms with van der Waals surface area (Å²) >= 11 is 0. The van der Waals surface area contributed by atoms with E-state index in [1.54, 1.807) is 48.5 Å². The minimum Gasteiger partial charge on any atom is -0.385 e. The lowest BCUT2D eigenvalue weighted by Crippen LogP contribution is -2.19. The van der Waals surface area contributed by atoms with Crippen LogP contribution in [0.25, 0.3) is 0 Å². The van der Waals surface area contributed by atoms with E-state index in [0.717, 1.165) is 5.69 Å². The summed E-state index contributed by atoms with van der Waals surface area (Å²) < 4.78 is 0. The van der Waals surface area contributed by atoms with Crippen LogP contribution in [0.4, 0.5) is 33.2 Å². The molecule has 3 amide bonds. The van der Waals surface area contributed by atoms with Gasteiger partial charge in [-0.15, -0.1) is 0 Å². The number of non-ortho nitro benzene ring substituents is 1. The molecule has 0 atom stereocenters. The molecule has 0 unspecified atom stereocenters. The van der Waals surface area contributed by atoms with Gasteiger partial charge < -0.3 is 21.3 Å². The smallest absolute Gasteiger partial charge is 0.323 e. The second kappa shape index (κ2) is 11.1. The summed E-state index contributed by atoms with van der Waals surface area (Å²) in [4.78, 5) is 34.5. The van der Waals surface area contributed by atoms with Gasteiger partial charge in [0.15, 0.2) is 0 Å². The Morgan fingerprint density at radius 2 is 1.38 bits per heavy atom. The maximum Gasteiger partial charge on any atom is 0.323 e. The largest absolute Gasteiger partial charge is 0.385 e. The summed E-state index contributed by atoms with van der Waals surface area (Å²) in [6.07, 6.45) is 0.881. The van der Waals surface area contributed by atoms with Crippen LogP contribution in [0.3, 0.4) is 0 Å². The van der Waals surface area contributed by atoms with E-state index in [1.165, 1.54) is 12.1 Å². The monoisotopic (exact) mass is 433 g/mol. The molecule has 0 spiro atoms. The number of urea groups is 1. The van der Waals surface area contributed by atoms with Crippen molar-refractivity contribution in [3.05, 3.63) is 89.0 Å². The number of amides is 3. The number of hydrogen-bond acceptors (Lipinski definition) is 5. The molecule has 0 aliphatic heterocycles. The highest BCUT2D eigenvalue weighted by molar-refractivity contribution is 6.00. The molecule has 0 heterocycles. The van der Waals surface area contributed by atoms with E-state index >= 15 is 0 Å². The number of nitro benzene ring substituents is 1.